The second kappa shape index (κ2) is 9.16. The molecule has 1 fully saturated rings. The fraction of sp³-hybridized carbons (Fsp3) is 0.550. The fourth-order valence-electron chi connectivity index (χ4n) is 3.51. The minimum Gasteiger partial charge on any atom is -0.379 e. The first-order valence-electron chi connectivity index (χ1n) is 9.92. The molecule has 0 unspecified atom stereocenters. The van der Waals surface area contributed by atoms with E-state index in [4.69, 9.17) is 4.74 Å². The smallest absolute Gasteiger partial charge is 0.252 e. The molecule has 0 radical (unpaired) electrons. The number of pyridine rings is 1. The Balaban J connectivity index is 1.78. The van der Waals surface area contributed by atoms with Crippen LogP contribution in [0.25, 0.3) is 5.65 Å². The Morgan fingerprint density at radius 1 is 1.25 bits per heavy atom. The van der Waals surface area contributed by atoms with E-state index in [2.05, 4.69) is 15.2 Å². The number of imidazole rings is 1. The lowest BCUT2D eigenvalue weighted by Crippen LogP contribution is -2.41. The van der Waals surface area contributed by atoms with Crippen LogP contribution < -0.4 is 10.2 Å². The van der Waals surface area contributed by atoms with Crippen LogP contribution in [0.15, 0.2) is 18.3 Å². The highest BCUT2D eigenvalue weighted by atomic mass is 16.5. The second-order valence-electron chi connectivity index (χ2n) is 6.85. The van der Waals surface area contributed by atoms with E-state index in [0.717, 1.165) is 50.0 Å². The van der Waals surface area contributed by atoms with E-state index in [1.807, 2.05) is 24.3 Å². The Kier molecular flexibility index (Phi) is 6.64. The lowest BCUT2D eigenvalue weighted by Gasteiger charge is -2.26. The minimum absolute atomic E-state index is 0.0423. The number of rotatable bonds is 7. The number of hydrogen-bond donors (Lipinski definition) is 1. The summed E-state index contributed by atoms with van der Waals surface area (Å²) in [5.74, 6) is 0.577. The molecule has 1 aliphatic heterocycles. The van der Waals surface area contributed by atoms with Crippen molar-refractivity contribution in [3.05, 3.63) is 29.6 Å². The summed E-state index contributed by atoms with van der Waals surface area (Å²) in [5, 5.41) is 2.98. The lowest BCUT2D eigenvalue weighted by atomic mass is 10.2. The summed E-state index contributed by atoms with van der Waals surface area (Å²) in [4.78, 5) is 33.3. The van der Waals surface area contributed by atoms with Gasteiger partial charge in [0.2, 0.25) is 5.91 Å². The Morgan fingerprint density at radius 2 is 2.00 bits per heavy atom. The monoisotopic (exact) mass is 387 g/mol. The van der Waals surface area contributed by atoms with Gasteiger partial charge in [0.25, 0.3) is 5.91 Å². The predicted molar refractivity (Wildman–Crippen MR) is 108 cm³/mol. The fourth-order valence-corrected chi connectivity index (χ4v) is 3.51. The van der Waals surface area contributed by atoms with Gasteiger partial charge in [0, 0.05) is 45.8 Å². The van der Waals surface area contributed by atoms with Gasteiger partial charge in [-0.05, 0) is 25.5 Å². The molecule has 0 bridgehead atoms. The maximum Gasteiger partial charge on any atom is 0.252 e. The summed E-state index contributed by atoms with van der Waals surface area (Å²) in [6, 6.07) is 3.60. The molecule has 0 aliphatic carbocycles. The number of aryl methyl sites for hydroxylation is 1. The van der Waals surface area contributed by atoms with Crippen LogP contribution in [0, 0.1) is 0 Å². The molecule has 0 aromatic carbocycles. The minimum atomic E-state index is -0.126. The van der Waals surface area contributed by atoms with Crippen LogP contribution in [0.5, 0.6) is 0 Å². The van der Waals surface area contributed by atoms with Gasteiger partial charge in [-0.25, -0.2) is 4.98 Å². The van der Waals surface area contributed by atoms with Crippen molar-refractivity contribution in [3.8, 4) is 0 Å². The third kappa shape index (κ3) is 4.34. The third-order valence-corrected chi connectivity index (χ3v) is 5.03. The first kappa shape index (κ1) is 20.3. The zero-order valence-electron chi connectivity index (χ0n) is 16.9. The molecule has 8 heteroatoms. The van der Waals surface area contributed by atoms with E-state index in [1.165, 1.54) is 0 Å². The van der Waals surface area contributed by atoms with Gasteiger partial charge in [-0.3, -0.25) is 23.8 Å². The standard InChI is InChI=1S/C20H29N5O3/c1-4-17-20(24(5-2)15(3)26)25-14-16(6-7-18(25)22-17)19(27)21-8-9-23-10-12-28-13-11-23/h6-7,14H,4-5,8-13H2,1-3H3,(H,21,27). The molecule has 28 heavy (non-hydrogen) atoms. The molecule has 3 rings (SSSR count). The van der Waals surface area contributed by atoms with Gasteiger partial charge in [0.15, 0.2) is 0 Å². The van der Waals surface area contributed by atoms with Crippen LogP contribution >= 0.6 is 0 Å². The number of amides is 2. The van der Waals surface area contributed by atoms with Crippen molar-refractivity contribution in [2.75, 3.05) is 50.8 Å². The molecule has 0 spiro atoms. The summed E-state index contributed by atoms with van der Waals surface area (Å²) in [6.45, 7) is 10.7. The van der Waals surface area contributed by atoms with Crippen molar-refractivity contribution in [2.45, 2.75) is 27.2 Å². The number of ether oxygens (including phenoxy) is 1. The van der Waals surface area contributed by atoms with E-state index in [0.29, 0.717) is 25.1 Å². The molecule has 1 saturated heterocycles. The largest absolute Gasteiger partial charge is 0.379 e. The maximum atomic E-state index is 12.6. The first-order chi connectivity index (χ1) is 13.5. The molecule has 0 saturated carbocycles. The number of carbonyl (C=O) groups excluding carboxylic acids is 2. The summed E-state index contributed by atoms with van der Waals surface area (Å²) >= 11 is 0. The van der Waals surface area contributed by atoms with Crippen molar-refractivity contribution in [1.29, 1.82) is 0 Å². The van der Waals surface area contributed by atoms with Crippen molar-refractivity contribution in [2.24, 2.45) is 0 Å². The number of anilines is 1. The number of aromatic nitrogens is 2. The summed E-state index contributed by atoms with van der Waals surface area (Å²) in [6.07, 6.45) is 2.48. The number of morpholine rings is 1. The van der Waals surface area contributed by atoms with Crippen molar-refractivity contribution >= 4 is 23.3 Å². The van der Waals surface area contributed by atoms with Crippen LogP contribution in [0.4, 0.5) is 5.82 Å². The van der Waals surface area contributed by atoms with Crippen LogP contribution in [0.1, 0.15) is 36.8 Å². The number of fused-ring (bicyclic) bond motifs is 1. The molecule has 8 nitrogen and oxygen atoms in total. The van der Waals surface area contributed by atoms with Gasteiger partial charge < -0.3 is 10.1 Å². The Bertz CT molecular complexity index is 842. The average Bonchev–Trinajstić information content (AvgIpc) is 3.07. The van der Waals surface area contributed by atoms with Crippen molar-refractivity contribution in [1.82, 2.24) is 19.6 Å². The van der Waals surface area contributed by atoms with Gasteiger partial charge in [0.05, 0.1) is 24.5 Å². The molecule has 3 heterocycles. The van der Waals surface area contributed by atoms with Gasteiger partial charge in [-0.1, -0.05) is 6.92 Å². The van der Waals surface area contributed by atoms with Crippen LogP contribution in [-0.2, 0) is 16.0 Å². The summed E-state index contributed by atoms with van der Waals surface area (Å²) in [5.41, 5.74) is 2.13. The summed E-state index contributed by atoms with van der Waals surface area (Å²) in [7, 11) is 0. The molecular weight excluding hydrogens is 358 g/mol. The third-order valence-electron chi connectivity index (χ3n) is 5.03. The van der Waals surface area contributed by atoms with Gasteiger partial charge >= 0.3 is 0 Å². The van der Waals surface area contributed by atoms with E-state index in [-0.39, 0.29) is 11.8 Å². The number of hydrogen-bond acceptors (Lipinski definition) is 5. The second-order valence-corrected chi connectivity index (χ2v) is 6.85. The molecule has 152 valence electrons. The number of nitrogens with one attached hydrogen (secondary N) is 1. The van der Waals surface area contributed by atoms with Crippen LogP contribution in [-0.4, -0.2) is 72.0 Å². The van der Waals surface area contributed by atoms with Gasteiger partial charge in [-0.2, -0.15) is 0 Å². The number of nitrogens with zero attached hydrogens (tertiary/aromatic N) is 4. The normalized spacial score (nSPS) is 15.0. The van der Waals surface area contributed by atoms with Crippen molar-refractivity contribution in [3.63, 3.8) is 0 Å². The Hall–Kier alpha value is -2.45. The highest BCUT2D eigenvalue weighted by Crippen LogP contribution is 2.24. The Morgan fingerprint density at radius 3 is 2.64 bits per heavy atom. The predicted octanol–water partition coefficient (Wildman–Crippen LogP) is 1.33. The highest BCUT2D eigenvalue weighted by Gasteiger charge is 2.20. The zero-order chi connectivity index (χ0) is 20.1. The zero-order valence-corrected chi connectivity index (χ0v) is 16.9. The molecule has 0 atom stereocenters. The SMILES string of the molecule is CCc1nc2ccc(C(=O)NCCN3CCOCC3)cn2c1N(CC)C(C)=O. The molecular formula is C20H29N5O3. The van der Waals surface area contributed by atoms with E-state index >= 15 is 0 Å². The van der Waals surface area contributed by atoms with Crippen LogP contribution in [0.3, 0.4) is 0 Å². The topological polar surface area (TPSA) is 79.2 Å². The Labute approximate surface area is 165 Å². The average molecular weight is 387 g/mol. The first-order valence-corrected chi connectivity index (χ1v) is 9.92. The highest BCUT2D eigenvalue weighted by molar-refractivity contribution is 5.95. The van der Waals surface area contributed by atoms with Gasteiger partial charge in [-0.15, -0.1) is 0 Å². The number of carbonyl (C=O) groups is 2. The van der Waals surface area contributed by atoms with E-state index in [9.17, 15) is 9.59 Å². The maximum absolute atomic E-state index is 12.6. The van der Waals surface area contributed by atoms with E-state index in [1.54, 1.807) is 24.1 Å². The lowest BCUT2D eigenvalue weighted by molar-refractivity contribution is -0.116. The summed E-state index contributed by atoms with van der Waals surface area (Å²) < 4.78 is 7.19. The molecule has 2 amide bonds. The quantitative estimate of drug-likeness (QED) is 0.775. The molecule has 1 N–H and O–H groups in total. The molecule has 2 aromatic rings. The molecule has 2 aromatic heterocycles. The molecule has 1 aliphatic rings. The van der Waals surface area contributed by atoms with E-state index < -0.39 is 0 Å². The van der Waals surface area contributed by atoms with Crippen LogP contribution in [0.2, 0.25) is 0 Å². The van der Waals surface area contributed by atoms with Crippen molar-refractivity contribution < 1.29 is 14.3 Å². The van der Waals surface area contributed by atoms with Gasteiger partial charge in [0.1, 0.15) is 11.5 Å².